The summed E-state index contributed by atoms with van der Waals surface area (Å²) in [7, 11) is 1.98. The van der Waals surface area contributed by atoms with Crippen molar-refractivity contribution in [2.24, 2.45) is 7.05 Å². The van der Waals surface area contributed by atoms with Gasteiger partial charge in [0.05, 0.1) is 18.8 Å². The normalized spacial score (nSPS) is 14.9. The summed E-state index contributed by atoms with van der Waals surface area (Å²) in [6, 6.07) is 6.58. The van der Waals surface area contributed by atoms with Gasteiger partial charge in [0.2, 0.25) is 0 Å². The lowest BCUT2D eigenvalue weighted by Crippen LogP contribution is -2.23. The van der Waals surface area contributed by atoms with Crippen LogP contribution in [0.15, 0.2) is 24.4 Å². The van der Waals surface area contributed by atoms with Crippen molar-refractivity contribution in [3.63, 3.8) is 0 Å². The number of ether oxygens (including phenoxy) is 1. The van der Waals surface area contributed by atoms with E-state index in [2.05, 4.69) is 42.5 Å². The third-order valence-electron chi connectivity index (χ3n) is 4.05. The maximum Gasteiger partial charge on any atom is 0.127 e. The minimum atomic E-state index is 0.141. The molecule has 20 heavy (non-hydrogen) atoms. The topological polar surface area (TPSA) is 39.1 Å². The standard InChI is InChI=1S/C16H21N3O/c1-4-17-15(14-10-18-19(3)11(14)2)13-7-5-6-12-8-9-20-16(12)13/h5-7,10,15,17H,4,8-9H2,1-3H3. The Morgan fingerprint density at radius 2 is 2.25 bits per heavy atom. The highest BCUT2D eigenvalue weighted by molar-refractivity contribution is 5.49. The molecular formula is C16H21N3O. The van der Waals surface area contributed by atoms with Crippen LogP contribution in [0.4, 0.5) is 0 Å². The molecule has 1 aliphatic heterocycles. The van der Waals surface area contributed by atoms with Crippen LogP contribution in [-0.2, 0) is 13.5 Å². The molecule has 0 spiro atoms. The van der Waals surface area contributed by atoms with Crippen LogP contribution in [-0.4, -0.2) is 22.9 Å². The second-order valence-electron chi connectivity index (χ2n) is 5.23. The number of para-hydroxylation sites is 1. The van der Waals surface area contributed by atoms with Crippen LogP contribution in [0.2, 0.25) is 0 Å². The molecule has 4 heteroatoms. The molecule has 106 valence electrons. The number of aryl methyl sites for hydroxylation is 1. The van der Waals surface area contributed by atoms with Gasteiger partial charge in [-0.3, -0.25) is 4.68 Å². The predicted molar refractivity (Wildman–Crippen MR) is 79.1 cm³/mol. The van der Waals surface area contributed by atoms with Gasteiger partial charge in [-0.05, 0) is 19.0 Å². The summed E-state index contributed by atoms with van der Waals surface area (Å²) in [5.74, 6) is 1.06. The van der Waals surface area contributed by atoms with Crippen molar-refractivity contribution in [3.05, 3.63) is 46.8 Å². The van der Waals surface area contributed by atoms with Crippen molar-refractivity contribution in [2.45, 2.75) is 26.3 Å². The summed E-state index contributed by atoms with van der Waals surface area (Å²) in [5, 5.41) is 7.94. The summed E-state index contributed by atoms with van der Waals surface area (Å²) in [4.78, 5) is 0. The van der Waals surface area contributed by atoms with Gasteiger partial charge in [0, 0.05) is 30.3 Å². The fraction of sp³-hybridized carbons (Fsp3) is 0.438. The lowest BCUT2D eigenvalue weighted by molar-refractivity contribution is 0.350. The van der Waals surface area contributed by atoms with E-state index in [-0.39, 0.29) is 6.04 Å². The molecule has 0 saturated carbocycles. The summed E-state index contributed by atoms with van der Waals surface area (Å²) in [6.45, 7) is 5.93. The van der Waals surface area contributed by atoms with Crippen molar-refractivity contribution >= 4 is 0 Å². The van der Waals surface area contributed by atoms with E-state index in [0.29, 0.717) is 0 Å². The average molecular weight is 271 g/mol. The first-order valence-corrected chi connectivity index (χ1v) is 7.18. The fourth-order valence-corrected chi connectivity index (χ4v) is 2.86. The first-order valence-electron chi connectivity index (χ1n) is 7.18. The number of aromatic nitrogens is 2. The smallest absolute Gasteiger partial charge is 0.127 e. The molecule has 3 rings (SSSR count). The highest BCUT2D eigenvalue weighted by Gasteiger charge is 2.25. The van der Waals surface area contributed by atoms with E-state index >= 15 is 0 Å². The van der Waals surface area contributed by atoms with Crippen LogP contribution in [0, 0.1) is 6.92 Å². The van der Waals surface area contributed by atoms with Crippen molar-refractivity contribution in [1.29, 1.82) is 0 Å². The summed E-state index contributed by atoms with van der Waals surface area (Å²) in [5.41, 5.74) is 4.94. The molecule has 1 aliphatic rings. The minimum Gasteiger partial charge on any atom is -0.493 e. The fourth-order valence-electron chi connectivity index (χ4n) is 2.86. The van der Waals surface area contributed by atoms with Crippen LogP contribution < -0.4 is 10.1 Å². The first kappa shape index (κ1) is 13.2. The number of benzene rings is 1. The molecular weight excluding hydrogens is 250 g/mol. The molecule has 1 unspecified atom stereocenters. The maximum absolute atomic E-state index is 5.86. The van der Waals surface area contributed by atoms with Gasteiger partial charge in [-0.1, -0.05) is 25.1 Å². The molecule has 0 saturated heterocycles. The number of nitrogens with zero attached hydrogens (tertiary/aromatic N) is 2. The van der Waals surface area contributed by atoms with E-state index < -0.39 is 0 Å². The largest absolute Gasteiger partial charge is 0.493 e. The number of hydrogen-bond donors (Lipinski definition) is 1. The number of hydrogen-bond acceptors (Lipinski definition) is 3. The molecule has 4 nitrogen and oxygen atoms in total. The quantitative estimate of drug-likeness (QED) is 0.928. The average Bonchev–Trinajstić information content (AvgIpc) is 3.05. The molecule has 0 radical (unpaired) electrons. The molecule has 1 atom stereocenters. The molecule has 1 N–H and O–H groups in total. The zero-order chi connectivity index (χ0) is 14.1. The summed E-state index contributed by atoms with van der Waals surface area (Å²) in [6.07, 6.45) is 2.96. The summed E-state index contributed by atoms with van der Waals surface area (Å²) >= 11 is 0. The van der Waals surface area contributed by atoms with Gasteiger partial charge >= 0.3 is 0 Å². The molecule has 2 heterocycles. The van der Waals surface area contributed by atoms with E-state index in [1.54, 1.807) is 0 Å². The Morgan fingerprint density at radius 3 is 2.95 bits per heavy atom. The van der Waals surface area contributed by atoms with Gasteiger partial charge in [-0.2, -0.15) is 5.10 Å². The van der Waals surface area contributed by atoms with Gasteiger partial charge in [-0.25, -0.2) is 0 Å². The van der Waals surface area contributed by atoms with Crippen molar-refractivity contribution in [2.75, 3.05) is 13.2 Å². The van der Waals surface area contributed by atoms with Crippen molar-refractivity contribution in [1.82, 2.24) is 15.1 Å². The van der Waals surface area contributed by atoms with E-state index in [1.807, 2.05) is 17.9 Å². The van der Waals surface area contributed by atoms with Gasteiger partial charge in [0.1, 0.15) is 5.75 Å². The Balaban J connectivity index is 2.08. The maximum atomic E-state index is 5.86. The van der Waals surface area contributed by atoms with E-state index in [0.717, 1.165) is 25.3 Å². The number of fused-ring (bicyclic) bond motifs is 1. The Morgan fingerprint density at radius 1 is 1.40 bits per heavy atom. The van der Waals surface area contributed by atoms with Crippen LogP contribution in [0.3, 0.4) is 0 Å². The molecule has 1 aromatic carbocycles. The first-order chi connectivity index (χ1) is 9.72. The third-order valence-corrected chi connectivity index (χ3v) is 4.05. The molecule has 0 bridgehead atoms. The molecule has 0 fully saturated rings. The van der Waals surface area contributed by atoms with Gasteiger partial charge in [-0.15, -0.1) is 0 Å². The Kier molecular flexibility index (Phi) is 3.49. The molecule has 0 aliphatic carbocycles. The Bertz CT molecular complexity index is 618. The van der Waals surface area contributed by atoms with E-state index in [1.165, 1.54) is 22.4 Å². The van der Waals surface area contributed by atoms with Gasteiger partial charge in [0.15, 0.2) is 0 Å². The van der Waals surface area contributed by atoms with E-state index in [9.17, 15) is 0 Å². The third kappa shape index (κ3) is 2.10. The van der Waals surface area contributed by atoms with Crippen LogP contribution >= 0.6 is 0 Å². The van der Waals surface area contributed by atoms with Gasteiger partial charge < -0.3 is 10.1 Å². The lowest BCUT2D eigenvalue weighted by Gasteiger charge is -2.20. The number of nitrogens with one attached hydrogen (secondary N) is 1. The lowest BCUT2D eigenvalue weighted by atomic mass is 9.96. The summed E-state index contributed by atoms with van der Waals surface area (Å²) < 4.78 is 7.78. The second-order valence-corrected chi connectivity index (χ2v) is 5.23. The molecule has 2 aromatic rings. The Labute approximate surface area is 119 Å². The van der Waals surface area contributed by atoms with Crippen LogP contribution in [0.1, 0.15) is 35.3 Å². The monoisotopic (exact) mass is 271 g/mol. The highest BCUT2D eigenvalue weighted by atomic mass is 16.5. The minimum absolute atomic E-state index is 0.141. The highest BCUT2D eigenvalue weighted by Crippen LogP contribution is 2.36. The Hall–Kier alpha value is -1.81. The second kappa shape index (κ2) is 5.29. The SMILES string of the molecule is CCNC(c1cccc2c1OCC2)c1cnn(C)c1C. The van der Waals surface area contributed by atoms with Gasteiger partial charge in [0.25, 0.3) is 0 Å². The van der Waals surface area contributed by atoms with Crippen molar-refractivity contribution < 1.29 is 4.74 Å². The molecule has 1 aromatic heterocycles. The number of rotatable bonds is 4. The predicted octanol–water partition coefficient (Wildman–Crippen LogP) is 2.36. The zero-order valence-corrected chi connectivity index (χ0v) is 12.3. The van der Waals surface area contributed by atoms with Crippen LogP contribution in [0.5, 0.6) is 5.75 Å². The zero-order valence-electron chi connectivity index (χ0n) is 12.3. The van der Waals surface area contributed by atoms with Crippen LogP contribution in [0.25, 0.3) is 0 Å². The van der Waals surface area contributed by atoms with Crippen molar-refractivity contribution in [3.8, 4) is 5.75 Å². The molecule has 0 amide bonds. The van der Waals surface area contributed by atoms with E-state index in [4.69, 9.17) is 4.74 Å².